The lowest BCUT2D eigenvalue weighted by Gasteiger charge is -2.14. The van der Waals surface area contributed by atoms with Gasteiger partial charge in [0.25, 0.3) is 0 Å². The molecule has 0 spiro atoms. The zero-order valence-electron chi connectivity index (χ0n) is 15.8. The summed E-state index contributed by atoms with van der Waals surface area (Å²) in [5, 5.41) is 0.841. The van der Waals surface area contributed by atoms with Gasteiger partial charge in [-0.25, -0.2) is 4.99 Å². The second-order valence-electron chi connectivity index (χ2n) is 8.56. The summed E-state index contributed by atoms with van der Waals surface area (Å²) in [5.41, 5.74) is 3.56. The molecule has 3 nitrogen and oxygen atoms in total. The second kappa shape index (κ2) is 6.72. The first kappa shape index (κ1) is 18.9. The third-order valence-electron chi connectivity index (χ3n) is 4.57. The molecule has 0 fully saturated rings. The van der Waals surface area contributed by atoms with E-state index in [0.29, 0.717) is 0 Å². The lowest BCUT2D eigenvalue weighted by Crippen LogP contribution is -2.19. The molecular weight excluding hydrogens is 369 g/mol. The first-order valence-corrected chi connectivity index (χ1v) is 12.8. The molecule has 3 rings (SSSR count). The third-order valence-corrected chi connectivity index (χ3v) is 7.13. The maximum Gasteiger partial charge on any atom is 0.209 e. The summed E-state index contributed by atoms with van der Waals surface area (Å²) >= 11 is 7.97. The molecule has 2 aromatic rings. The molecule has 2 heterocycles. The summed E-state index contributed by atoms with van der Waals surface area (Å²) in [5.74, 6) is 1.16. The highest BCUT2D eigenvalue weighted by molar-refractivity contribution is 7.72. The smallest absolute Gasteiger partial charge is 0.209 e. The van der Waals surface area contributed by atoms with Gasteiger partial charge in [0.15, 0.2) is 0 Å². The summed E-state index contributed by atoms with van der Waals surface area (Å²) < 4.78 is 6.87. The number of halogens is 1. The van der Waals surface area contributed by atoms with Gasteiger partial charge in [0.05, 0.1) is 5.69 Å². The average molecular weight is 396 g/mol. The molecular formula is C19H27ClN3PS. The topological polar surface area (TPSA) is 30.2 Å². The molecule has 1 aromatic carbocycles. The van der Waals surface area contributed by atoms with E-state index in [-0.39, 0.29) is 5.41 Å². The van der Waals surface area contributed by atoms with Crippen molar-refractivity contribution in [3.05, 3.63) is 38.9 Å². The van der Waals surface area contributed by atoms with E-state index >= 15 is 0 Å². The first-order chi connectivity index (χ1) is 11.5. The maximum atomic E-state index is 6.48. The van der Waals surface area contributed by atoms with Crippen molar-refractivity contribution in [2.24, 2.45) is 10.4 Å². The van der Waals surface area contributed by atoms with Gasteiger partial charge in [0.2, 0.25) is 4.80 Å². The van der Waals surface area contributed by atoms with Crippen LogP contribution >= 0.6 is 30.0 Å². The lowest BCUT2D eigenvalue weighted by atomic mass is 9.92. The number of aromatic nitrogens is 2. The summed E-state index contributed by atoms with van der Waals surface area (Å²) in [6.45, 7) is 11.1. The molecule has 25 heavy (non-hydrogen) atoms. The second-order valence-corrected chi connectivity index (χ2v) is 14.0. The van der Waals surface area contributed by atoms with Gasteiger partial charge in [-0.05, 0) is 61.5 Å². The van der Waals surface area contributed by atoms with Crippen LogP contribution in [-0.4, -0.2) is 34.7 Å². The minimum absolute atomic E-state index is 0.268. The minimum Gasteiger partial charge on any atom is -0.303 e. The van der Waals surface area contributed by atoms with Crippen LogP contribution in [0.5, 0.6) is 0 Å². The molecule has 6 heteroatoms. The van der Waals surface area contributed by atoms with Gasteiger partial charge in [-0.2, -0.15) is 4.37 Å². The highest BCUT2D eigenvalue weighted by atomic mass is 35.5. The molecule has 0 bridgehead atoms. The van der Waals surface area contributed by atoms with E-state index in [1.807, 2.05) is 6.07 Å². The quantitative estimate of drug-likeness (QED) is 0.672. The van der Waals surface area contributed by atoms with Crippen molar-refractivity contribution in [2.75, 3.05) is 19.5 Å². The molecule has 1 aliphatic heterocycles. The number of fused-ring (bicyclic) bond motifs is 1. The predicted octanol–water partition coefficient (Wildman–Crippen LogP) is 4.97. The zero-order valence-corrected chi connectivity index (χ0v) is 18.2. The van der Waals surface area contributed by atoms with E-state index < -0.39 is 6.89 Å². The number of benzene rings is 1. The molecule has 0 N–H and O–H groups in total. The summed E-state index contributed by atoms with van der Waals surface area (Å²) in [4.78, 5) is 5.93. The fourth-order valence-electron chi connectivity index (χ4n) is 3.12. The van der Waals surface area contributed by atoms with Crippen molar-refractivity contribution < 1.29 is 0 Å². The van der Waals surface area contributed by atoms with Crippen molar-refractivity contribution in [1.82, 2.24) is 8.94 Å². The Morgan fingerprint density at radius 3 is 2.80 bits per heavy atom. The van der Waals surface area contributed by atoms with Gasteiger partial charge >= 0.3 is 0 Å². The normalized spacial score (nSPS) is 17.1. The van der Waals surface area contributed by atoms with Crippen LogP contribution < -0.4 is 4.80 Å². The van der Waals surface area contributed by atoms with Crippen LogP contribution in [0.15, 0.2) is 17.1 Å². The molecule has 0 saturated heterocycles. The van der Waals surface area contributed by atoms with Gasteiger partial charge in [0.1, 0.15) is 5.82 Å². The third kappa shape index (κ3) is 4.48. The van der Waals surface area contributed by atoms with Crippen molar-refractivity contribution in [1.29, 1.82) is 0 Å². The average Bonchev–Trinajstić information content (AvgIpc) is 2.95. The summed E-state index contributed by atoms with van der Waals surface area (Å²) in [7, 11) is 0. The van der Waals surface area contributed by atoms with E-state index in [1.165, 1.54) is 17.1 Å². The standard InChI is InChI=1S/C19H27ClN3PS/c1-13-9-15(20)14(7-8-24(4,5)6)10-16(13)21-18-23-12-19(2,3)11-17(23)22-25-18/h9-10H,4,7-8,11-12H2,1-3,5-6H3. The van der Waals surface area contributed by atoms with Gasteiger partial charge in [-0.3, -0.25) is 0 Å². The molecule has 1 aliphatic rings. The highest BCUT2D eigenvalue weighted by Crippen LogP contribution is 2.37. The van der Waals surface area contributed by atoms with Crippen LogP contribution in [0.25, 0.3) is 0 Å². The fraction of sp³-hybridized carbons (Fsp3) is 0.526. The first-order valence-electron chi connectivity index (χ1n) is 8.61. The number of hydrogen-bond donors (Lipinski definition) is 0. The largest absolute Gasteiger partial charge is 0.303 e. The van der Waals surface area contributed by atoms with Gasteiger partial charge < -0.3 is 4.57 Å². The predicted molar refractivity (Wildman–Crippen MR) is 113 cm³/mol. The van der Waals surface area contributed by atoms with Crippen LogP contribution in [0, 0.1) is 12.3 Å². The monoisotopic (exact) mass is 395 g/mol. The van der Waals surface area contributed by atoms with Crippen LogP contribution in [0.1, 0.15) is 30.8 Å². The molecule has 0 saturated carbocycles. The van der Waals surface area contributed by atoms with E-state index in [2.05, 4.69) is 55.4 Å². The number of rotatable bonds is 4. The van der Waals surface area contributed by atoms with Gasteiger partial charge in [-0.1, -0.05) is 25.4 Å². The van der Waals surface area contributed by atoms with Crippen LogP contribution in [0.3, 0.4) is 0 Å². The summed E-state index contributed by atoms with van der Waals surface area (Å²) in [6.07, 6.45) is 7.39. The lowest BCUT2D eigenvalue weighted by molar-refractivity contribution is 0.356. The van der Waals surface area contributed by atoms with Gasteiger partial charge in [-0.15, -0.1) is 13.2 Å². The van der Waals surface area contributed by atoms with Crippen molar-refractivity contribution in [3.63, 3.8) is 0 Å². The van der Waals surface area contributed by atoms with Crippen molar-refractivity contribution >= 4 is 42.0 Å². The molecule has 1 aromatic heterocycles. The Morgan fingerprint density at radius 2 is 2.12 bits per heavy atom. The number of nitrogens with zero attached hydrogens (tertiary/aromatic N) is 3. The van der Waals surface area contributed by atoms with Crippen LogP contribution in [-0.2, 0) is 19.4 Å². The Kier molecular flexibility index (Phi) is 5.09. The SMILES string of the molecule is C=P(C)(C)CCc1cc(N=c2snc3n2CC(C)(C)C3)c(C)cc1Cl. The highest BCUT2D eigenvalue weighted by Gasteiger charge is 2.30. The Hall–Kier alpha value is -0.830. The van der Waals surface area contributed by atoms with Crippen molar-refractivity contribution in [2.45, 2.75) is 40.2 Å². The molecule has 0 aliphatic carbocycles. The molecule has 0 radical (unpaired) electrons. The van der Waals surface area contributed by atoms with Gasteiger partial charge in [0, 0.05) is 29.5 Å². The Bertz CT molecular complexity index is 917. The zero-order chi connectivity index (χ0) is 18.4. The Morgan fingerprint density at radius 1 is 1.40 bits per heavy atom. The van der Waals surface area contributed by atoms with E-state index in [9.17, 15) is 0 Å². The van der Waals surface area contributed by atoms with E-state index in [0.717, 1.165) is 52.4 Å². The number of aryl methyl sites for hydroxylation is 2. The van der Waals surface area contributed by atoms with Crippen LogP contribution in [0.2, 0.25) is 5.02 Å². The molecule has 136 valence electrons. The van der Waals surface area contributed by atoms with E-state index in [4.69, 9.17) is 16.6 Å². The fourth-order valence-corrected chi connectivity index (χ4v) is 5.04. The van der Waals surface area contributed by atoms with Crippen LogP contribution in [0.4, 0.5) is 5.69 Å². The molecule has 0 amide bonds. The molecule has 0 atom stereocenters. The Labute approximate surface area is 159 Å². The number of hydrogen-bond acceptors (Lipinski definition) is 3. The van der Waals surface area contributed by atoms with Crippen molar-refractivity contribution in [3.8, 4) is 0 Å². The molecule has 0 unspecified atom stereocenters. The maximum absolute atomic E-state index is 6.48. The van der Waals surface area contributed by atoms with E-state index in [1.54, 1.807) is 0 Å². The summed E-state index contributed by atoms with van der Waals surface area (Å²) in [6, 6.07) is 4.19. The minimum atomic E-state index is -1.06. The Balaban J connectivity index is 1.98.